The third-order valence-electron chi connectivity index (χ3n) is 4.71. The van der Waals surface area contributed by atoms with Crippen molar-refractivity contribution in [2.75, 3.05) is 25.0 Å². The number of carbonyl (C=O) groups excluding carboxylic acids is 1. The Morgan fingerprint density at radius 2 is 1.80 bits per heavy atom. The zero-order chi connectivity index (χ0) is 21.9. The zero-order valence-electron chi connectivity index (χ0n) is 16.6. The highest BCUT2D eigenvalue weighted by Gasteiger charge is 2.32. The van der Waals surface area contributed by atoms with E-state index in [4.69, 9.17) is 4.74 Å². The van der Waals surface area contributed by atoms with E-state index in [0.29, 0.717) is 5.69 Å². The SMILES string of the molecule is CC1CN(S(=O)(=O)c2cccc(C(=O)CNc3ccc([N+](=O)[O-])cc3)c2)CC(C)O1. The number of ketones is 1. The summed E-state index contributed by atoms with van der Waals surface area (Å²) in [6.45, 7) is 4.08. The van der Waals surface area contributed by atoms with Gasteiger partial charge in [0.15, 0.2) is 5.78 Å². The van der Waals surface area contributed by atoms with Crippen LogP contribution in [-0.2, 0) is 14.8 Å². The summed E-state index contributed by atoms with van der Waals surface area (Å²) < 4.78 is 33.0. The van der Waals surface area contributed by atoms with Gasteiger partial charge < -0.3 is 10.1 Å². The average Bonchev–Trinajstić information content (AvgIpc) is 2.71. The van der Waals surface area contributed by atoms with Crippen LogP contribution < -0.4 is 5.32 Å². The molecule has 2 aromatic carbocycles. The number of carbonyl (C=O) groups is 1. The smallest absolute Gasteiger partial charge is 0.269 e. The molecule has 1 aliphatic rings. The molecule has 1 saturated heterocycles. The average molecular weight is 433 g/mol. The number of nitro groups is 1. The number of ether oxygens (including phenoxy) is 1. The number of hydrogen-bond acceptors (Lipinski definition) is 7. The maximum absolute atomic E-state index is 13.0. The molecule has 2 atom stereocenters. The first-order valence-corrected chi connectivity index (χ1v) is 10.9. The van der Waals surface area contributed by atoms with Gasteiger partial charge in [-0.3, -0.25) is 14.9 Å². The fraction of sp³-hybridized carbons (Fsp3) is 0.350. The van der Waals surface area contributed by atoms with Gasteiger partial charge in [-0.2, -0.15) is 4.31 Å². The van der Waals surface area contributed by atoms with Gasteiger partial charge in [0.2, 0.25) is 10.0 Å². The van der Waals surface area contributed by atoms with Crippen LogP contribution in [0, 0.1) is 10.1 Å². The van der Waals surface area contributed by atoms with E-state index < -0.39 is 14.9 Å². The summed E-state index contributed by atoms with van der Waals surface area (Å²) in [4.78, 5) is 22.8. The number of rotatable bonds is 7. The molecule has 1 aliphatic heterocycles. The third-order valence-corrected chi connectivity index (χ3v) is 6.54. The Hall–Kier alpha value is -2.82. The van der Waals surface area contributed by atoms with Crippen LogP contribution in [0.5, 0.6) is 0 Å². The van der Waals surface area contributed by atoms with Crippen LogP contribution in [0.15, 0.2) is 53.4 Å². The number of sulfonamides is 1. The van der Waals surface area contributed by atoms with Gasteiger partial charge in [-0.25, -0.2) is 8.42 Å². The first kappa shape index (κ1) is 21.9. The molecule has 0 saturated carbocycles. The Labute approximate surface area is 174 Å². The van der Waals surface area contributed by atoms with Gasteiger partial charge in [0.05, 0.1) is 28.6 Å². The molecule has 0 aromatic heterocycles. The van der Waals surface area contributed by atoms with E-state index in [1.165, 1.54) is 40.7 Å². The predicted octanol–water partition coefficient (Wildman–Crippen LogP) is 2.69. The van der Waals surface area contributed by atoms with Crippen LogP contribution in [-0.4, -0.2) is 55.3 Å². The van der Waals surface area contributed by atoms with Gasteiger partial charge in [0, 0.05) is 36.5 Å². The fourth-order valence-electron chi connectivity index (χ4n) is 3.29. The molecule has 0 radical (unpaired) electrons. The van der Waals surface area contributed by atoms with Crippen LogP contribution in [0.4, 0.5) is 11.4 Å². The number of non-ortho nitro benzene ring substituents is 1. The van der Waals surface area contributed by atoms with Crippen molar-refractivity contribution in [1.82, 2.24) is 4.31 Å². The molecular weight excluding hydrogens is 410 g/mol. The van der Waals surface area contributed by atoms with Crippen LogP contribution in [0.25, 0.3) is 0 Å². The van der Waals surface area contributed by atoms with E-state index in [1.54, 1.807) is 12.1 Å². The number of nitrogens with one attached hydrogen (secondary N) is 1. The topological polar surface area (TPSA) is 119 Å². The number of Topliss-reactive ketones (excluding diaryl/α,β-unsaturated/α-hetero) is 1. The van der Waals surface area contributed by atoms with E-state index in [1.807, 2.05) is 13.8 Å². The second kappa shape index (κ2) is 8.90. The van der Waals surface area contributed by atoms with Gasteiger partial charge in [0.25, 0.3) is 5.69 Å². The van der Waals surface area contributed by atoms with E-state index in [-0.39, 0.29) is 53.8 Å². The van der Waals surface area contributed by atoms with Crippen molar-refractivity contribution in [3.05, 3.63) is 64.2 Å². The highest BCUT2D eigenvalue weighted by atomic mass is 32.2. The van der Waals surface area contributed by atoms with Crippen molar-refractivity contribution in [1.29, 1.82) is 0 Å². The number of benzene rings is 2. The fourth-order valence-corrected chi connectivity index (χ4v) is 4.93. The predicted molar refractivity (Wildman–Crippen MR) is 111 cm³/mol. The number of hydrogen-bond donors (Lipinski definition) is 1. The molecule has 160 valence electrons. The number of nitrogens with zero attached hydrogens (tertiary/aromatic N) is 2. The molecule has 1 fully saturated rings. The number of anilines is 1. The van der Waals surface area contributed by atoms with Crippen molar-refractivity contribution < 1.29 is 22.9 Å². The number of nitro benzene ring substituents is 1. The van der Waals surface area contributed by atoms with Gasteiger partial charge >= 0.3 is 0 Å². The largest absolute Gasteiger partial charge is 0.378 e. The molecule has 1 heterocycles. The normalized spacial score (nSPS) is 19.9. The minimum Gasteiger partial charge on any atom is -0.378 e. The van der Waals surface area contributed by atoms with Gasteiger partial charge in [0.1, 0.15) is 0 Å². The van der Waals surface area contributed by atoms with Gasteiger partial charge in [-0.1, -0.05) is 12.1 Å². The molecular formula is C20H23N3O6S. The molecule has 9 nitrogen and oxygen atoms in total. The monoisotopic (exact) mass is 433 g/mol. The minimum atomic E-state index is -3.75. The Morgan fingerprint density at radius 3 is 2.40 bits per heavy atom. The maximum Gasteiger partial charge on any atom is 0.269 e. The summed E-state index contributed by atoms with van der Waals surface area (Å²) in [7, 11) is -3.75. The molecule has 10 heteroatoms. The summed E-state index contributed by atoms with van der Waals surface area (Å²) in [5, 5.41) is 13.6. The molecule has 3 rings (SSSR count). The molecule has 0 spiro atoms. The molecule has 0 aliphatic carbocycles. The highest BCUT2D eigenvalue weighted by molar-refractivity contribution is 7.89. The first-order valence-electron chi connectivity index (χ1n) is 9.44. The van der Waals surface area contributed by atoms with E-state index in [0.717, 1.165) is 0 Å². The second-order valence-corrected chi connectivity index (χ2v) is 9.13. The third kappa shape index (κ3) is 5.02. The van der Waals surface area contributed by atoms with Crippen LogP contribution >= 0.6 is 0 Å². The molecule has 0 amide bonds. The van der Waals surface area contributed by atoms with E-state index >= 15 is 0 Å². The Balaban J connectivity index is 1.71. The van der Waals surface area contributed by atoms with E-state index in [9.17, 15) is 23.3 Å². The second-order valence-electron chi connectivity index (χ2n) is 7.19. The lowest BCUT2D eigenvalue weighted by atomic mass is 10.1. The Bertz CT molecular complexity index is 1030. The van der Waals surface area contributed by atoms with Crippen molar-refractivity contribution >= 4 is 27.2 Å². The van der Waals surface area contributed by atoms with Crippen LogP contribution in [0.3, 0.4) is 0 Å². The maximum atomic E-state index is 13.0. The van der Waals surface area contributed by atoms with Crippen molar-refractivity contribution in [2.45, 2.75) is 31.0 Å². The lowest BCUT2D eigenvalue weighted by Gasteiger charge is -2.34. The highest BCUT2D eigenvalue weighted by Crippen LogP contribution is 2.22. The lowest BCUT2D eigenvalue weighted by Crippen LogP contribution is -2.48. The van der Waals surface area contributed by atoms with Crippen molar-refractivity contribution in [3.8, 4) is 0 Å². The summed E-state index contributed by atoms with van der Waals surface area (Å²) in [5.41, 5.74) is 0.769. The van der Waals surface area contributed by atoms with Crippen LogP contribution in [0.2, 0.25) is 0 Å². The van der Waals surface area contributed by atoms with E-state index in [2.05, 4.69) is 5.32 Å². The molecule has 30 heavy (non-hydrogen) atoms. The van der Waals surface area contributed by atoms with Gasteiger partial charge in [-0.05, 0) is 38.1 Å². The van der Waals surface area contributed by atoms with Crippen LogP contribution in [0.1, 0.15) is 24.2 Å². The zero-order valence-corrected chi connectivity index (χ0v) is 17.5. The molecule has 0 bridgehead atoms. The lowest BCUT2D eigenvalue weighted by molar-refractivity contribution is -0.384. The van der Waals surface area contributed by atoms with Crippen molar-refractivity contribution in [2.24, 2.45) is 0 Å². The first-order chi connectivity index (χ1) is 14.2. The summed E-state index contributed by atoms with van der Waals surface area (Å²) in [6.07, 6.45) is -0.418. The molecule has 1 N–H and O–H groups in total. The molecule has 2 unspecified atom stereocenters. The Kier molecular flexibility index (Phi) is 6.49. The number of morpholine rings is 1. The summed E-state index contributed by atoms with van der Waals surface area (Å²) >= 11 is 0. The summed E-state index contributed by atoms with van der Waals surface area (Å²) in [5.74, 6) is -0.297. The minimum absolute atomic E-state index is 0.0449. The molecule has 2 aromatic rings. The standard InChI is InChI=1S/C20H23N3O6S/c1-14-12-22(13-15(2)29-14)30(27,28)19-5-3-4-16(10-19)20(24)11-21-17-6-8-18(9-7-17)23(25)26/h3-10,14-15,21H,11-13H2,1-2H3. The van der Waals surface area contributed by atoms with Crippen molar-refractivity contribution in [3.63, 3.8) is 0 Å². The summed E-state index contributed by atoms with van der Waals surface area (Å²) in [6, 6.07) is 11.6. The Morgan fingerprint density at radius 1 is 1.17 bits per heavy atom. The van der Waals surface area contributed by atoms with Gasteiger partial charge in [-0.15, -0.1) is 0 Å². The quantitative estimate of drug-likeness (QED) is 0.405.